The first-order valence-electron chi connectivity index (χ1n) is 6.12. The van der Waals surface area contributed by atoms with Gasteiger partial charge in [0.25, 0.3) is 0 Å². The Morgan fingerprint density at radius 2 is 2.06 bits per heavy atom. The van der Waals surface area contributed by atoms with E-state index in [1.54, 1.807) is 7.11 Å². The van der Waals surface area contributed by atoms with E-state index in [2.05, 4.69) is 15.9 Å². The molecule has 0 saturated carbocycles. The Balaban J connectivity index is 2.86. The second-order valence-electron chi connectivity index (χ2n) is 4.80. The summed E-state index contributed by atoms with van der Waals surface area (Å²) in [5, 5.41) is 0. The molecule has 0 saturated heterocycles. The van der Waals surface area contributed by atoms with Crippen LogP contribution >= 0.6 is 15.9 Å². The molecule has 0 aliphatic heterocycles. The van der Waals surface area contributed by atoms with Crippen LogP contribution < -0.4 is 10.5 Å². The Labute approximate surface area is 118 Å². The smallest absolute Gasteiger partial charge is 0.122 e. The highest BCUT2D eigenvalue weighted by molar-refractivity contribution is 9.10. The molecule has 2 N–H and O–H groups in total. The number of nitrogens with two attached hydrogens (primary N) is 1. The maximum atomic E-state index is 6.25. The highest BCUT2D eigenvalue weighted by Gasteiger charge is 2.27. The zero-order valence-corrected chi connectivity index (χ0v) is 13.1. The summed E-state index contributed by atoms with van der Waals surface area (Å²) in [6, 6.07) is 5.86. The number of hydrogen-bond donors (Lipinski definition) is 1. The van der Waals surface area contributed by atoms with E-state index in [4.69, 9.17) is 15.2 Å². The van der Waals surface area contributed by atoms with Gasteiger partial charge in [0.15, 0.2) is 0 Å². The van der Waals surface area contributed by atoms with Crippen LogP contribution in [-0.4, -0.2) is 25.4 Å². The lowest BCUT2D eigenvalue weighted by atomic mass is 9.92. The predicted molar refractivity (Wildman–Crippen MR) is 78.1 cm³/mol. The minimum Gasteiger partial charge on any atom is -0.496 e. The fraction of sp³-hybridized carbons (Fsp3) is 0.571. The molecule has 0 amide bonds. The molecule has 3 nitrogen and oxygen atoms in total. The average molecular weight is 316 g/mol. The summed E-state index contributed by atoms with van der Waals surface area (Å²) in [5.74, 6) is 0.862. The highest BCUT2D eigenvalue weighted by atomic mass is 79.9. The molecule has 1 rings (SSSR count). The molecule has 1 aromatic carbocycles. The summed E-state index contributed by atoms with van der Waals surface area (Å²) in [4.78, 5) is 0. The van der Waals surface area contributed by atoms with E-state index in [0.717, 1.165) is 22.2 Å². The molecule has 0 aliphatic carbocycles. The van der Waals surface area contributed by atoms with E-state index < -0.39 is 0 Å². The predicted octanol–water partition coefficient (Wildman–Crippen LogP) is 3.14. The molecule has 1 unspecified atom stereocenters. The van der Waals surface area contributed by atoms with Crippen molar-refractivity contribution in [2.45, 2.75) is 38.8 Å². The summed E-state index contributed by atoms with van der Waals surface area (Å²) in [6.07, 6.45) is 0.718. The van der Waals surface area contributed by atoms with Gasteiger partial charge in [-0.3, -0.25) is 0 Å². The summed E-state index contributed by atoms with van der Waals surface area (Å²) >= 11 is 3.47. The van der Waals surface area contributed by atoms with Crippen LogP contribution in [0.5, 0.6) is 5.75 Å². The van der Waals surface area contributed by atoms with Crippen molar-refractivity contribution < 1.29 is 9.47 Å². The molecule has 102 valence electrons. The third-order valence-corrected chi connectivity index (χ3v) is 3.58. The molecule has 0 aliphatic rings. The largest absolute Gasteiger partial charge is 0.496 e. The molecule has 0 radical (unpaired) electrons. The van der Waals surface area contributed by atoms with Crippen molar-refractivity contribution in [2.24, 2.45) is 5.73 Å². The molecule has 0 bridgehead atoms. The van der Waals surface area contributed by atoms with Gasteiger partial charge in [0.05, 0.1) is 12.7 Å². The zero-order valence-electron chi connectivity index (χ0n) is 11.5. The highest BCUT2D eigenvalue weighted by Crippen LogP contribution is 2.26. The summed E-state index contributed by atoms with van der Waals surface area (Å²) in [6.45, 7) is 6.68. The Morgan fingerprint density at radius 1 is 1.39 bits per heavy atom. The summed E-state index contributed by atoms with van der Waals surface area (Å²) < 4.78 is 12.1. The Bertz CT molecular complexity index is 393. The molecule has 0 spiro atoms. The fourth-order valence-corrected chi connectivity index (χ4v) is 2.28. The number of ether oxygens (including phenoxy) is 2. The van der Waals surface area contributed by atoms with Crippen molar-refractivity contribution in [1.82, 2.24) is 0 Å². The van der Waals surface area contributed by atoms with Crippen LogP contribution in [0.15, 0.2) is 22.7 Å². The van der Waals surface area contributed by atoms with Gasteiger partial charge in [-0.1, -0.05) is 15.9 Å². The third-order valence-electron chi connectivity index (χ3n) is 3.09. The molecule has 0 fully saturated rings. The van der Waals surface area contributed by atoms with Gasteiger partial charge in [0, 0.05) is 17.1 Å². The van der Waals surface area contributed by atoms with E-state index in [1.165, 1.54) is 0 Å². The lowest BCUT2D eigenvalue weighted by Gasteiger charge is -2.31. The van der Waals surface area contributed by atoms with Crippen molar-refractivity contribution in [3.05, 3.63) is 28.2 Å². The second-order valence-corrected chi connectivity index (χ2v) is 5.72. The molecule has 18 heavy (non-hydrogen) atoms. The van der Waals surface area contributed by atoms with E-state index in [-0.39, 0.29) is 11.6 Å². The van der Waals surface area contributed by atoms with Gasteiger partial charge in [0.1, 0.15) is 5.75 Å². The van der Waals surface area contributed by atoms with Gasteiger partial charge in [0.2, 0.25) is 0 Å². The van der Waals surface area contributed by atoms with Gasteiger partial charge in [-0.15, -0.1) is 0 Å². The quantitative estimate of drug-likeness (QED) is 0.877. The van der Waals surface area contributed by atoms with Crippen molar-refractivity contribution in [2.75, 3.05) is 13.7 Å². The lowest BCUT2D eigenvalue weighted by molar-refractivity contribution is -0.0289. The van der Waals surface area contributed by atoms with Crippen LogP contribution in [0.1, 0.15) is 26.3 Å². The molecule has 1 atom stereocenters. The van der Waals surface area contributed by atoms with Gasteiger partial charge in [-0.25, -0.2) is 0 Å². The van der Waals surface area contributed by atoms with E-state index >= 15 is 0 Å². The second kappa shape index (κ2) is 6.55. The van der Waals surface area contributed by atoms with Crippen LogP contribution in [0, 0.1) is 0 Å². The van der Waals surface area contributed by atoms with Crippen LogP contribution in [0.3, 0.4) is 0 Å². The molecule has 0 aromatic heterocycles. The average Bonchev–Trinajstić information content (AvgIpc) is 2.29. The van der Waals surface area contributed by atoms with E-state index in [1.807, 2.05) is 39.0 Å². The number of methoxy groups -OCH3 is 1. The number of rotatable bonds is 6. The van der Waals surface area contributed by atoms with Gasteiger partial charge >= 0.3 is 0 Å². The number of hydrogen-bond acceptors (Lipinski definition) is 3. The number of halogens is 1. The number of benzene rings is 1. The summed E-state index contributed by atoms with van der Waals surface area (Å²) in [7, 11) is 1.67. The molecule has 0 heterocycles. The molecular formula is C14H22BrNO2. The van der Waals surface area contributed by atoms with Gasteiger partial charge in [-0.2, -0.15) is 0 Å². The monoisotopic (exact) mass is 315 g/mol. The molecular weight excluding hydrogens is 294 g/mol. The van der Waals surface area contributed by atoms with Crippen molar-refractivity contribution >= 4 is 15.9 Å². The van der Waals surface area contributed by atoms with E-state index in [0.29, 0.717) is 6.61 Å². The van der Waals surface area contributed by atoms with Crippen molar-refractivity contribution in [3.8, 4) is 5.75 Å². The summed E-state index contributed by atoms with van der Waals surface area (Å²) in [5.41, 5.74) is 6.99. The molecule has 4 heteroatoms. The molecule has 1 aromatic rings. The van der Waals surface area contributed by atoms with Crippen LogP contribution in [0.4, 0.5) is 0 Å². The van der Waals surface area contributed by atoms with Gasteiger partial charge in [-0.05, 0) is 51.0 Å². The maximum Gasteiger partial charge on any atom is 0.122 e. The topological polar surface area (TPSA) is 44.5 Å². The fourth-order valence-electron chi connectivity index (χ4n) is 1.87. The standard InChI is InChI=1S/C14H22BrNO2/c1-5-18-14(2,3)13(16)9-10-8-11(15)6-7-12(10)17-4/h6-8,13H,5,9,16H2,1-4H3. The van der Waals surface area contributed by atoms with Crippen LogP contribution in [0.25, 0.3) is 0 Å². The van der Waals surface area contributed by atoms with Crippen molar-refractivity contribution in [1.29, 1.82) is 0 Å². The zero-order chi connectivity index (χ0) is 13.8. The van der Waals surface area contributed by atoms with Crippen LogP contribution in [-0.2, 0) is 11.2 Å². The lowest BCUT2D eigenvalue weighted by Crippen LogP contribution is -2.46. The first-order valence-corrected chi connectivity index (χ1v) is 6.92. The minimum absolute atomic E-state index is 0.0827. The SMILES string of the molecule is CCOC(C)(C)C(N)Cc1cc(Br)ccc1OC. The Morgan fingerprint density at radius 3 is 2.61 bits per heavy atom. The van der Waals surface area contributed by atoms with Crippen LogP contribution in [0.2, 0.25) is 0 Å². The van der Waals surface area contributed by atoms with Gasteiger partial charge < -0.3 is 15.2 Å². The maximum absolute atomic E-state index is 6.25. The first kappa shape index (κ1) is 15.5. The van der Waals surface area contributed by atoms with Crippen molar-refractivity contribution in [3.63, 3.8) is 0 Å². The first-order chi connectivity index (χ1) is 8.40. The Kier molecular flexibility index (Phi) is 5.63. The third kappa shape index (κ3) is 3.97. The minimum atomic E-state index is -0.345. The van der Waals surface area contributed by atoms with E-state index in [9.17, 15) is 0 Å². The Hall–Kier alpha value is -0.580. The normalized spacial score (nSPS) is 13.4.